The van der Waals surface area contributed by atoms with Crippen molar-refractivity contribution in [2.75, 3.05) is 0 Å². The summed E-state index contributed by atoms with van der Waals surface area (Å²) in [5.41, 5.74) is 16.7. The number of hydrazine groups is 1. The second-order valence-electron chi connectivity index (χ2n) is 4.61. The van der Waals surface area contributed by atoms with Crippen molar-refractivity contribution >= 4 is 5.91 Å². The minimum absolute atomic E-state index is 0.0623. The SMILES string of the molecule is CC(C)Oc1cccc(CN(N)/C(N)=C(\N)C(N)=O)c1. The fourth-order valence-corrected chi connectivity index (χ4v) is 1.55. The van der Waals surface area contributed by atoms with Gasteiger partial charge >= 0.3 is 0 Å². The molecule has 0 saturated heterocycles. The Morgan fingerprint density at radius 3 is 2.50 bits per heavy atom. The van der Waals surface area contributed by atoms with E-state index in [-0.39, 0.29) is 24.2 Å². The van der Waals surface area contributed by atoms with Crippen LogP contribution < -0.4 is 27.8 Å². The first kappa shape index (κ1) is 15.6. The fraction of sp³-hybridized carbons (Fsp3) is 0.308. The maximum Gasteiger partial charge on any atom is 0.268 e. The van der Waals surface area contributed by atoms with Crippen LogP contribution in [0.3, 0.4) is 0 Å². The first-order valence-electron chi connectivity index (χ1n) is 6.14. The molecular weight excluding hydrogens is 258 g/mol. The van der Waals surface area contributed by atoms with Gasteiger partial charge in [-0.3, -0.25) is 9.80 Å². The molecule has 7 nitrogen and oxygen atoms in total. The van der Waals surface area contributed by atoms with E-state index >= 15 is 0 Å². The Kier molecular flexibility index (Phi) is 5.22. The van der Waals surface area contributed by atoms with Crippen LogP contribution in [-0.4, -0.2) is 17.0 Å². The summed E-state index contributed by atoms with van der Waals surface area (Å²) < 4.78 is 5.58. The van der Waals surface area contributed by atoms with Gasteiger partial charge in [0.2, 0.25) is 0 Å². The Morgan fingerprint density at radius 2 is 1.95 bits per heavy atom. The molecule has 0 aliphatic rings. The van der Waals surface area contributed by atoms with Crippen LogP contribution in [0.5, 0.6) is 5.75 Å². The average molecular weight is 279 g/mol. The second kappa shape index (κ2) is 6.67. The van der Waals surface area contributed by atoms with Gasteiger partial charge in [-0.1, -0.05) is 12.1 Å². The van der Waals surface area contributed by atoms with Crippen LogP contribution in [0.2, 0.25) is 0 Å². The molecule has 0 fully saturated rings. The van der Waals surface area contributed by atoms with Gasteiger partial charge in [-0.05, 0) is 31.5 Å². The third-order valence-corrected chi connectivity index (χ3v) is 2.47. The molecule has 0 saturated carbocycles. The second-order valence-corrected chi connectivity index (χ2v) is 4.61. The fourth-order valence-electron chi connectivity index (χ4n) is 1.55. The smallest absolute Gasteiger partial charge is 0.268 e. The maximum atomic E-state index is 10.9. The average Bonchev–Trinajstić information content (AvgIpc) is 2.36. The molecule has 1 amide bonds. The van der Waals surface area contributed by atoms with Gasteiger partial charge in [0.25, 0.3) is 5.91 Å². The van der Waals surface area contributed by atoms with E-state index in [2.05, 4.69) is 0 Å². The van der Waals surface area contributed by atoms with E-state index in [1.54, 1.807) is 0 Å². The summed E-state index contributed by atoms with van der Waals surface area (Å²) >= 11 is 0. The molecule has 1 aromatic carbocycles. The molecule has 0 aliphatic carbocycles. The van der Waals surface area contributed by atoms with E-state index in [1.807, 2.05) is 38.1 Å². The molecule has 0 unspecified atom stereocenters. The highest BCUT2D eigenvalue weighted by Gasteiger charge is 2.11. The Hall–Kier alpha value is -2.41. The lowest BCUT2D eigenvalue weighted by Crippen LogP contribution is -2.38. The highest BCUT2D eigenvalue weighted by atomic mass is 16.5. The molecule has 1 aromatic rings. The largest absolute Gasteiger partial charge is 0.491 e. The predicted octanol–water partition coefficient (Wildman–Crippen LogP) is -0.279. The van der Waals surface area contributed by atoms with Gasteiger partial charge in [0.1, 0.15) is 17.3 Å². The van der Waals surface area contributed by atoms with E-state index in [1.165, 1.54) is 0 Å². The lowest BCUT2D eigenvalue weighted by molar-refractivity contribution is -0.114. The summed E-state index contributed by atoms with van der Waals surface area (Å²) in [6.07, 6.45) is 0.0784. The van der Waals surface area contributed by atoms with Crippen LogP contribution in [0.15, 0.2) is 35.8 Å². The zero-order chi connectivity index (χ0) is 15.3. The van der Waals surface area contributed by atoms with E-state index < -0.39 is 5.91 Å². The van der Waals surface area contributed by atoms with Gasteiger partial charge < -0.3 is 21.9 Å². The van der Waals surface area contributed by atoms with Gasteiger partial charge in [-0.15, -0.1) is 0 Å². The van der Waals surface area contributed by atoms with Crippen LogP contribution in [0.25, 0.3) is 0 Å². The van der Waals surface area contributed by atoms with Crippen molar-refractivity contribution in [1.29, 1.82) is 0 Å². The molecule has 110 valence electrons. The molecule has 0 bridgehead atoms. The Bertz CT molecular complexity index is 513. The molecule has 0 aliphatic heterocycles. The number of primary amides is 1. The summed E-state index contributed by atoms with van der Waals surface area (Å²) in [6, 6.07) is 7.40. The minimum atomic E-state index is -0.810. The van der Waals surface area contributed by atoms with Gasteiger partial charge in [0, 0.05) is 0 Å². The van der Waals surface area contributed by atoms with Crippen molar-refractivity contribution in [2.45, 2.75) is 26.5 Å². The number of benzene rings is 1. The van der Waals surface area contributed by atoms with Crippen molar-refractivity contribution in [3.63, 3.8) is 0 Å². The first-order chi connectivity index (χ1) is 9.31. The number of nitrogens with two attached hydrogens (primary N) is 4. The van der Waals surface area contributed by atoms with E-state index in [0.29, 0.717) is 0 Å². The van der Waals surface area contributed by atoms with E-state index in [0.717, 1.165) is 16.3 Å². The maximum absolute atomic E-state index is 10.9. The summed E-state index contributed by atoms with van der Waals surface area (Å²) in [5, 5.41) is 1.16. The third-order valence-electron chi connectivity index (χ3n) is 2.47. The van der Waals surface area contributed by atoms with E-state index in [4.69, 9.17) is 27.8 Å². The molecule has 20 heavy (non-hydrogen) atoms. The summed E-state index contributed by atoms with van der Waals surface area (Å²) in [5.74, 6) is 5.62. The number of carbonyl (C=O) groups excluding carboxylic acids is 1. The normalized spacial score (nSPS) is 12.0. The number of amides is 1. The molecule has 1 rings (SSSR count). The van der Waals surface area contributed by atoms with E-state index in [9.17, 15) is 4.79 Å². The zero-order valence-corrected chi connectivity index (χ0v) is 11.7. The number of hydrogen-bond acceptors (Lipinski definition) is 6. The quantitative estimate of drug-likeness (QED) is 0.321. The Morgan fingerprint density at radius 1 is 1.30 bits per heavy atom. The van der Waals surface area contributed by atoms with Crippen LogP contribution in [0, 0.1) is 0 Å². The number of ether oxygens (including phenoxy) is 1. The highest BCUT2D eigenvalue weighted by molar-refractivity contribution is 5.91. The van der Waals surface area contributed by atoms with Gasteiger partial charge in [0.05, 0.1) is 12.6 Å². The predicted molar refractivity (Wildman–Crippen MR) is 76.5 cm³/mol. The van der Waals surface area contributed by atoms with Crippen molar-refractivity contribution < 1.29 is 9.53 Å². The number of rotatable bonds is 6. The summed E-state index contributed by atoms with van der Waals surface area (Å²) in [7, 11) is 0. The Balaban J connectivity index is 2.83. The first-order valence-corrected chi connectivity index (χ1v) is 6.14. The molecular formula is C13H21N5O2. The molecule has 0 radical (unpaired) electrons. The summed E-state index contributed by atoms with van der Waals surface area (Å²) in [4.78, 5) is 10.9. The van der Waals surface area contributed by atoms with Crippen LogP contribution in [-0.2, 0) is 11.3 Å². The minimum Gasteiger partial charge on any atom is -0.491 e. The summed E-state index contributed by atoms with van der Waals surface area (Å²) in [6.45, 7) is 4.15. The molecule has 7 heteroatoms. The number of hydrogen-bond donors (Lipinski definition) is 4. The topological polar surface area (TPSA) is 134 Å². The van der Waals surface area contributed by atoms with Crippen molar-refractivity contribution in [1.82, 2.24) is 5.01 Å². The lowest BCUT2D eigenvalue weighted by Gasteiger charge is -2.20. The molecule has 8 N–H and O–H groups in total. The number of nitrogens with zero attached hydrogens (tertiary/aromatic N) is 1. The van der Waals surface area contributed by atoms with Gasteiger partial charge in [-0.25, -0.2) is 5.84 Å². The monoisotopic (exact) mass is 279 g/mol. The standard InChI is InChI=1S/C13H21N5O2/c1-8(2)20-10-5-3-4-9(6-10)7-18(17)12(15)11(14)13(16)19/h3-6,8H,7,14-15,17H2,1-2H3,(H2,16,19)/b12-11-. The van der Waals surface area contributed by atoms with Crippen molar-refractivity contribution in [3.05, 3.63) is 41.3 Å². The van der Waals surface area contributed by atoms with Crippen LogP contribution >= 0.6 is 0 Å². The van der Waals surface area contributed by atoms with Gasteiger partial charge in [0.15, 0.2) is 0 Å². The molecule has 0 atom stereocenters. The molecule has 0 spiro atoms. The third kappa shape index (κ3) is 4.36. The lowest BCUT2D eigenvalue weighted by atomic mass is 10.2. The molecule has 0 heterocycles. The number of carbonyl (C=O) groups is 1. The van der Waals surface area contributed by atoms with Crippen LogP contribution in [0.4, 0.5) is 0 Å². The van der Waals surface area contributed by atoms with Gasteiger partial charge in [-0.2, -0.15) is 0 Å². The van der Waals surface area contributed by atoms with Crippen LogP contribution in [0.1, 0.15) is 19.4 Å². The van der Waals surface area contributed by atoms with Crippen molar-refractivity contribution in [3.8, 4) is 5.75 Å². The zero-order valence-electron chi connectivity index (χ0n) is 11.7. The Labute approximate surface area is 118 Å². The van der Waals surface area contributed by atoms with Crippen molar-refractivity contribution in [2.24, 2.45) is 23.0 Å². The highest BCUT2D eigenvalue weighted by Crippen LogP contribution is 2.16. The molecule has 0 aromatic heterocycles.